The van der Waals surface area contributed by atoms with E-state index >= 15 is 0 Å². The van der Waals surface area contributed by atoms with Crippen molar-refractivity contribution in [3.8, 4) is 0 Å². The standard InChI is InChI=1S/C8H6ClF3N2O/c9-4-1-3(8(10,11)12)2-5(13)6(4)7(14)15/h1-2H,13H2,(H2,14,15). The molecule has 0 saturated heterocycles. The Morgan fingerprint density at radius 2 is 1.87 bits per heavy atom. The molecule has 1 rings (SSSR count). The Bertz CT molecular complexity index is 394. The Kier molecular flexibility index (Phi) is 2.81. The molecule has 15 heavy (non-hydrogen) atoms. The van der Waals surface area contributed by atoms with Gasteiger partial charge in [-0.25, -0.2) is 0 Å². The lowest BCUT2D eigenvalue weighted by Crippen LogP contribution is -2.16. The summed E-state index contributed by atoms with van der Waals surface area (Å²) in [6.07, 6.45) is -4.56. The predicted molar refractivity (Wildman–Crippen MR) is 49.4 cm³/mol. The smallest absolute Gasteiger partial charge is 0.398 e. The number of carbonyl (C=O) groups excluding carboxylic acids is 1. The molecule has 0 aliphatic rings. The number of rotatable bonds is 1. The van der Waals surface area contributed by atoms with E-state index in [2.05, 4.69) is 0 Å². The zero-order valence-electron chi connectivity index (χ0n) is 7.23. The zero-order valence-corrected chi connectivity index (χ0v) is 7.99. The number of anilines is 1. The topological polar surface area (TPSA) is 69.1 Å². The van der Waals surface area contributed by atoms with Crippen molar-refractivity contribution >= 4 is 23.2 Å². The van der Waals surface area contributed by atoms with Gasteiger partial charge in [0.05, 0.1) is 16.1 Å². The Morgan fingerprint density at radius 3 is 2.20 bits per heavy atom. The highest BCUT2D eigenvalue weighted by Gasteiger charge is 2.32. The molecular weight excluding hydrogens is 233 g/mol. The number of nitrogens with two attached hydrogens (primary N) is 2. The lowest BCUT2D eigenvalue weighted by atomic mass is 10.1. The normalized spacial score (nSPS) is 11.5. The highest BCUT2D eigenvalue weighted by atomic mass is 35.5. The van der Waals surface area contributed by atoms with Crippen LogP contribution in [0.15, 0.2) is 12.1 Å². The molecule has 3 nitrogen and oxygen atoms in total. The molecule has 0 radical (unpaired) electrons. The van der Waals surface area contributed by atoms with Gasteiger partial charge < -0.3 is 11.5 Å². The first-order chi connectivity index (χ1) is 6.73. The van der Waals surface area contributed by atoms with Crippen LogP contribution in [-0.2, 0) is 6.18 Å². The average molecular weight is 239 g/mol. The number of alkyl halides is 3. The van der Waals surface area contributed by atoms with E-state index in [4.69, 9.17) is 23.1 Å². The summed E-state index contributed by atoms with van der Waals surface area (Å²) >= 11 is 5.45. The van der Waals surface area contributed by atoms with E-state index < -0.39 is 22.7 Å². The maximum absolute atomic E-state index is 12.3. The minimum absolute atomic E-state index is 0.301. The van der Waals surface area contributed by atoms with Crippen LogP contribution < -0.4 is 11.5 Å². The van der Waals surface area contributed by atoms with E-state index in [0.717, 1.165) is 0 Å². The second-order valence-electron chi connectivity index (χ2n) is 2.78. The molecule has 1 amide bonds. The fraction of sp³-hybridized carbons (Fsp3) is 0.125. The van der Waals surface area contributed by atoms with Crippen LogP contribution in [0.2, 0.25) is 5.02 Å². The molecule has 0 saturated carbocycles. The maximum Gasteiger partial charge on any atom is 0.416 e. The van der Waals surface area contributed by atoms with Crippen LogP contribution in [-0.4, -0.2) is 5.91 Å². The van der Waals surface area contributed by atoms with Crippen molar-refractivity contribution in [1.29, 1.82) is 0 Å². The van der Waals surface area contributed by atoms with Crippen LogP contribution in [0.3, 0.4) is 0 Å². The minimum atomic E-state index is -4.56. The van der Waals surface area contributed by atoms with Crippen LogP contribution in [0.5, 0.6) is 0 Å². The maximum atomic E-state index is 12.3. The predicted octanol–water partition coefficient (Wildman–Crippen LogP) is 2.04. The van der Waals surface area contributed by atoms with Crippen molar-refractivity contribution < 1.29 is 18.0 Å². The van der Waals surface area contributed by atoms with Gasteiger partial charge in [-0.2, -0.15) is 13.2 Å². The number of hydrogen-bond donors (Lipinski definition) is 2. The van der Waals surface area contributed by atoms with Gasteiger partial charge in [0.2, 0.25) is 0 Å². The molecule has 0 aliphatic carbocycles. The molecule has 4 N–H and O–H groups in total. The molecule has 1 aromatic rings. The van der Waals surface area contributed by atoms with E-state index in [1.54, 1.807) is 0 Å². The second kappa shape index (κ2) is 3.62. The molecule has 0 heterocycles. The van der Waals surface area contributed by atoms with Crippen LogP contribution in [0.1, 0.15) is 15.9 Å². The fourth-order valence-corrected chi connectivity index (χ4v) is 1.37. The number of primary amides is 1. The molecule has 0 spiro atoms. The summed E-state index contributed by atoms with van der Waals surface area (Å²) < 4.78 is 36.8. The van der Waals surface area contributed by atoms with Crippen molar-refractivity contribution in [3.63, 3.8) is 0 Å². The van der Waals surface area contributed by atoms with Gasteiger partial charge in [0, 0.05) is 5.69 Å². The minimum Gasteiger partial charge on any atom is -0.398 e. The van der Waals surface area contributed by atoms with E-state index in [1.165, 1.54) is 0 Å². The Morgan fingerprint density at radius 1 is 1.33 bits per heavy atom. The summed E-state index contributed by atoms with van der Waals surface area (Å²) in [5.74, 6) is -0.966. The van der Waals surface area contributed by atoms with Gasteiger partial charge in [-0.15, -0.1) is 0 Å². The van der Waals surface area contributed by atoms with Crippen molar-refractivity contribution in [2.75, 3.05) is 5.73 Å². The molecule has 0 unspecified atom stereocenters. The first-order valence-electron chi connectivity index (χ1n) is 3.69. The molecule has 0 fully saturated rings. The lowest BCUT2D eigenvalue weighted by molar-refractivity contribution is -0.137. The van der Waals surface area contributed by atoms with Crippen molar-refractivity contribution in [1.82, 2.24) is 0 Å². The average Bonchev–Trinajstić information content (AvgIpc) is 1.99. The SMILES string of the molecule is NC(=O)c1c(N)cc(C(F)(F)F)cc1Cl. The molecule has 0 aliphatic heterocycles. The van der Waals surface area contributed by atoms with E-state index in [-0.39, 0.29) is 11.3 Å². The Hall–Kier alpha value is -1.43. The summed E-state index contributed by atoms with van der Waals surface area (Å²) in [4.78, 5) is 10.8. The number of hydrogen-bond acceptors (Lipinski definition) is 2. The number of amides is 1. The quantitative estimate of drug-likeness (QED) is 0.735. The summed E-state index contributed by atoms with van der Waals surface area (Å²) in [5, 5.41) is -0.408. The van der Waals surface area contributed by atoms with E-state index in [1.807, 2.05) is 0 Å². The summed E-state index contributed by atoms with van der Waals surface area (Å²) in [6.45, 7) is 0. The number of benzene rings is 1. The highest BCUT2D eigenvalue weighted by Crippen LogP contribution is 2.34. The molecule has 1 aromatic carbocycles. The third-order valence-corrected chi connectivity index (χ3v) is 1.99. The first kappa shape index (κ1) is 11.6. The van der Waals surface area contributed by atoms with Gasteiger partial charge in [-0.3, -0.25) is 4.79 Å². The third kappa shape index (κ3) is 2.33. The number of carbonyl (C=O) groups is 1. The van der Waals surface area contributed by atoms with Gasteiger partial charge in [0.15, 0.2) is 0 Å². The molecule has 0 aromatic heterocycles. The van der Waals surface area contributed by atoms with E-state index in [0.29, 0.717) is 12.1 Å². The van der Waals surface area contributed by atoms with Gasteiger partial charge in [-0.05, 0) is 12.1 Å². The van der Waals surface area contributed by atoms with Crippen LogP contribution in [0, 0.1) is 0 Å². The molecule has 82 valence electrons. The number of nitrogen functional groups attached to an aromatic ring is 1. The van der Waals surface area contributed by atoms with Crippen molar-refractivity contribution in [2.45, 2.75) is 6.18 Å². The summed E-state index contributed by atoms with van der Waals surface area (Å²) in [5.41, 5.74) is 8.42. The number of halogens is 4. The van der Waals surface area contributed by atoms with E-state index in [9.17, 15) is 18.0 Å². The van der Waals surface area contributed by atoms with Gasteiger partial charge in [0.1, 0.15) is 0 Å². The van der Waals surface area contributed by atoms with Crippen molar-refractivity contribution in [2.24, 2.45) is 5.73 Å². The molecule has 0 bridgehead atoms. The highest BCUT2D eigenvalue weighted by molar-refractivity contribution is 6.34. The zero-order chi connectivity index (χ0) is 11.8. The third-order valence-electron chi connectivity index (χ3n) is 1.69. The van der Waals surface area contributed by atoms with Gasteiger partial charge in [0.25, 0.3) is 5.91 Å². The van der Waals surface area contributed by atoms with Gasteiger partial charge >= 0.3 is 6.18 Å². The lowest BCUT2D eigenvalue weighted by Gasteiger charge is -2.10. The second-order valence-corrected chi connectivity index (χ2v) is 3.19. The van der Waals surface area contributed by atoms with Crippen LogP contribution in [0.25, 0.3) is 0 Å². The molecular formula is C8H6ClF3N2O. The Labute approximate surface area is 87.8 Å². The van der Waals surface area contributed by atoms with Crippen LogP contribution in [0.4, 0.5) is 18.9 Å². The van der Waals surface area contributed by atoms with Crippen molar-refractivity contribution in [3.05, 3.63) is 28.3 Å². The first-order valence-corrected chi connectivity index (χ1v) is 4.07. The Balaban J connectivity index is 3.39. The summed E-state index contributed by atoms with van der Waals surface area (Å²) in [6, 6.07) is 1.23. The largest absolute Gasteiger partial charge is 0.416 e. The van der Waals surface area contributed by atoms with Gasteiger partial charge in [-0.1, -0.05) is 11.6 Å². The fourth-order valence-electron chi connectivity index (χ4n) is 1.05. The summed E-state index contributed by atoms with van der Waals surface area (Å²) in [7, 11) is 0. The van der Waals surface area contributed by atoms with Crippen LogP contribution >= 0.6 is 11.6 Å². The molecule has 7 heteroatoms. The monoisotopic (exact) mass is 238 g/mol. The molecule has 0 atom stereocenters.